The Morgan fingerprint density at radius 1 is 1.50 bits per heavy atom. The van der Waals surface area contributed by atoms with Crippen LogP contribution in [0.1, 0.15) is 0 Å². The van der Waals surface area contributed by atoms with Crippen LogP contribution in [0, 0.1) is 0 Å². The Morgan fingerprint density at radius 2 is 2.20 bits per heavy atom. The van der Waals surface area contributed by atoms with Gasteiger partial charge in [-0.3, -0.25) is 0 Å². The first kappa shape index (κ1) is 7.37. The maximum Gasteiger partial charge on any atom is 0.164 e. The van der Waals surface area contributed by atoms with Gasteiger partial charge in [-0.1, -0.05) is 16.7 Å². The highest BCUT2D eigenvalue weighted by molar-refractivity contribution is 6.48. The van der Waals surface area contributed by atoms with Crippen LogP contribution >= 0.6 is 0 Å². The minimum atomic E-state index is 0.511. The normalized spacial score (nSPS) is 9.70. The van der Waals surface area contributed by atoms with Crippen molar-refractivity contribution in [1.82, 2.24) is 0 Å². The number of rotatable bonds is 1. The van der Waals surface area contributed by atoms with Crippen LogP contribution in [0.2, 0.25) is 0 Å². The second-order valence-electron chi connectivity index (χ2n) is 2.34. The first-order valence-corrected chi connectivity index (χ1v) is 4.12. The third-order valence-corrected chi connectivity index (χ3v) is 2.71. The fourth-order valence-electron chi connectivity index (χ4n) is 0.771. The quantitative estimate of drug-likeness (QED) is 0.281. The molecular weight excluding hydrogens is 143 g/mol. The molecule has 0 aliphatic carbocycles. The SMILES string of the molecule is Bc1cc(OO)ccc1[SiH3]. The van der Waals surface area contributed by atoms with Gasteiger partial charge < -0.3 is 4.89 Å². The second kappa shape index (κ2) is 2.90. The molecule has 0 amide bonds. The highest BCUT2D eigenvalue weighted by Gasteiger charge is 1.94. The Bertz CT molecular complexity index is 239. The van der Waals surface area contributed by atoms with Crippen LogP contribution in [-0.2, 0) is 0 Å². The molecule has 0 fully saturated rings. The molecule has 0 saturated heterocycles. The highest BCUT2D eigenvalue weighted by atomic mass is 28.1. The Balaban J connectivity index is 3.04. The fourth-order valence-corrected chi connectivity index (χ4v) is 1.08. The van der Waals surface area contributed by atoms with E-state index in [1.165, 1.54) is 10.6 Å². The van der Waals surface area contributed by atoms with Gasteiger partial charge in [0, 0.05) is 10.2 Å². The van der Waals surface area contributed by atoms with Crippen LogP contribution in [0.3, 0.4) is 0 Å². The molecule has 0 unspecified atom stereocenters. The lowest BCUT2D eigenvalue weighted by molar-refractivity contribution is -0.137. The van der Waals surface area contributed by atoms with Crippen molar-refractivity contribution in [2.24, 2.45) is 0 Å². The van der Waals surface area contributed by atoms with E-state index < -0.39 is 0 Å². The van der Waals surface area contributed by atoms with Crippen molar-refractivity contribution in [3.8, 4) is 5.75 Å². The first-order chi connectivity index (χ1) is 4.74. The lowest BCUT2D eigenvalue weighted by atomic mass is 9.96. The van der Waals surface area contributed by atoms with Gasteiger partial charge in [0.15, 0.2) is 5.75 Å². The molecule has 1 aromatic carbocycles. The molecule has 0 bridgehead atoms. The summed E-state index contributed by atoms with van der Waals surface area (Å²) < 4.78 is 0. The molecule has 1 rings (SSSR count). The Morgan fingerprint density at radius 3 is 2.70 bits per heavy atom. The summed E-state index contributed by atoms with van der Waals surface area (Å²) in [5, 5.41) is 9.60. The van der Waals surface area contributed by atoms with E-state index in [0.29, 0.717) is 5.75 Å². The molecule has 0 spiro atoms. The third-order valence-electron chi connectivity index (χ3n) is 1.58. The van der Waals surface area contributed by atoms with Gasteiger partial charge >= 0.3 is 0 Å². The molecule has 1 aromatic rings. The van der Waals surface area contributed by atoms with E-state index in [4.69, 9.17) is 5.26 Å². The average Bonchev–Trinajstić information content (AvgIpc) is 1.95. The maximum absolute atomic E-state index is 8.26. The summed E-state index contributed by atoms with van der Waals surface area (Å²) in [6, 6.07) is 5.55. The third kappa shape index (κ3) is 1.40. The monoisotopic (exact) mass is 152 g/mol. The number of benzene rings is 1. The molecule has 0 saturated carbocycles. The van der Waals surface area contributed by atoms with Crippen LogP contribution in [0.15, 0.2) is 18.2 Å². The van der Waals surface area contributed by atoms with Gasteiger partial charge in [0.05, 0.1) is 0 Å². The van der Waals surface area contributed by atoms with Gasteiger partial charge in [0.2, 0.25) is 0 Å². The molecule has 0 heterocycles. The molecule has 2 nitrogen and oxygen atoms in total. The molecule has 0 radical (unpaired) electrons. The molecule has 0 aliphatic rings. The van der Waals surface area contributed by atoms with Crippen LogP contribution < -0.4 is 15.5 Å². The van der Waals surface area contributed by atoms with Crippen LogP contribution in [-0.4, -0.2) is 23.3 Å². The molecule has 0 aromatic heterocycles. The minimum Gasteiger partial charge on any atom is -0.340 e. The van der Waals surface area contributed by atoms with Gasteiger partial charge in [-0.25, -0.2) is 5.26 Å². The van der Waals surface area contributed by atoms with Crippen LogP contribution in [0.4, 0.5) is 0 Å². The zero-order valence-electron chi connectivity index (χ0n) is 6.09. The smallest absolute Gasteiger partial charge is 0.164 e. The van der Waals surface area contributed by atoms with Crippen LogP contribution in [0.5, 0.6) is 5.75 Å². The van der Waals surface area contributed by atoms with E-state index in [-0.39, 0.29) is 0 Å². The predicted octanol–water partition coefficient (Wildman–Crippen LogP) is -2.21. The second-order valence-corrected chi connectivity index (χ2v) is 3.41. The number of hydrogen-bond donors (Lipinski definition) is 1. The van der Waals surface area contributed by atoms with Crippen molar-refractivity contribution in [2.45, 2.75) is 0 Å². The molecule has 52 valence electrons. The zero-order valence-corrected chi connectivity index (χ0v) is 8.09. The van der Waals surface area contributed by atoms with E-state index >= 15 is 0 Å². The molecule has 1 N–H and O–H groups in total. The van der Waals surface area contributed by atoms with Crippen molar-refractivity contribution in [2.75, 3.05) is 0 Å². The summed E-state index contributed by atoms with van der Waals surface area (Å²) in [5.74, 6) is 0.511. The molecule has 4 heteroatoms. The van der Waals surface area contributed by atoms with E-state index in [1.807, 2.05) is 20.0 Å². The van der Waals surface area contributed by atoms with Gasteiger partial charge in [0.1, 0.15) is 7.85 Å². The summed E-state index contributed by atoms with van der Waals surface area (Å²) in [7, 11) is 3.04. The van der Waals surface area contributed by atoms with E-state index in [2.05, 4.69) is 4.89 Å². The largest absolute Gasteiger partial charge is 0.340 e. The van der Waals surface area contributed by atoms with Crippen molar-refractivity contribution in [1.29, 1.82) is 0 Å². The Labute approximate surface area is 63.6 Å². The number of hydrogen-bond acceptors (Lipinski definition) is 2. The molecular formula is C6H9BO2Si. The first-order valence-electron chi connectivity index (χ1n) is 3.12. The summed E-state index contributed by atoms with van der Waals surface area (Å²) >= 11 is 0. The summed E-state index contributed by atoms with van der Waals surface area (Å²) in [4.78, 5) is 4.07. The zero-order chi connectivity index (χ0) is 7.56. The van der Waals surface area contributed by atoms with Gasteiger partial charge in [-0.2, -0.15) is 0 Å². The standard InChI is InChI=1S/C6H9BO2Si/c7-5-3-4(9-8)1-2-6(5)10/h1-3,8H,7H2,10H3. The molecule has 10 heavy (non-hydrogen) atoms. The van der Waals surface area contributed by atoms with Gasteiger partial charge in [-0.05, 0) is 12.1 Å². The lowest BCUT2D eigenvalue weighted by Gasteiger charge is -2.00. The van der Waals surface area contributed by atoms with E-state index in [9.17, 15) is 0 Å². The van der Waals surface area contributed by atoms with Gasteiger partial charge in [-0.15, -0.1) is 0 Å². The summed E-state index contributed by atoms with van der Waals surface area (Å²) in [5.41, 5.74) is 1.18. The van der Waals surface area contributed by atoms with E-state index in [0.717, 1.165) is 10.2 Å². The molecule has 0 atom stereocenters. The topological polar surface area (TPSA) is 29.5 Å². The Hall–Kier alpha value is -0.738. The fraction of sp³-hybridized carbons (Fsp3) is 0. The average molecular weight is 152 g/mol. The predicted molar refractivity (Wildman–Crippen MR) is 47.4 cm³/mol. The summed E-state index contributed by atoms with van der Waals surface area (Å²) in [6.07, 6.45) is 0. The van der Waals surface area contributed by atoms with Gasteiger partial charge in [0.25, 0.3) is 0 Å². The highest BCUT2D eigenvalue weighted by Crippen LogP contribution is 2.02. The Kier molecular flexibility index (Phi) is 2.14. The minimum absolute atomic E-state index is 0.511. The lowest BCUT2D eigenvalue weighted by Crippen LogP contribution is -2.24. The molecule has 0 aliphatic heterocycles. The van der Waals surface area contributed by atoms with Crippen molar-refractivity contribution < 1.29 is 10.1 Å². The maximum atomic E-state index is 8.26. The van der Waals surface area contributed by atoms with Crippen molar-refractivity contribution in [3.63, 3.8) is 0 Å². The van der Waals surface area contributed by atoms with Crippen molar-refractivity contribution >= 4 is 28.7 Å². The van der Waals surface area contributed by atoms with Crippen LogP contribution in [0.25, 0.3) is 0 Å². The summed E-state index contributed by atoms with van der Waals surface area (Å²) in [6.45, 7) is 0. The van der Waals surface area contributed by atoms with Crippen molar-refractivity contribution in [3.05, 3.63) is 18.2 Å². The van der Waals surface area contributed by atoms with E-state index in [1.54, 1.807) is 6.07 Å².